The van der Waals surface area contributed by atoms with E-state index in [1.54, 1.807) is 12.1 Å². The Hall–Kier alpha value is -2.43. The molecule has 4 nitrogen and oxygen atoms in total. The molecule has 0 amide bonds. The number of benzene rings is 1. The number of hydrogen-bond donors (Lipinski definition) is 0. The minimum absolute atomic E-state index is 0.234. The van der Waals surface area contributed by atoms with Crippen LogP contribution in [0, 0.1) is 11.7 Å². The first-order valence-electron chi connectivity index (χ1n) is 10.1. The van der Waals surface area contributed by atoms with Crippen molar-refractivity contribution < 1.29 is 4.39 Å². The molecule has 3 aromatic rings. The molecule has 5 heteroatoms. The van der Waals surface area contributed by atoms with Crippen molar-refractivity contribution in [2.24, 2.45) is 5.92 Å². The highest BCUT2D eigenvalue weighted by Crippen LogP contribution is 2.34. The van der Waals surface area contributed by atoms with Gasteiger partial charge in [0.15, 0.2) is 5.65 Å². The van der Waals surface area contributed by atoms with Crippen molar-refractivity contribution >= 4 is 11.5 Å². The lowest BCUT2D eigenvalue weighted by molar-refractivity contribution is 0.440. The van der Waals surface area contributed by atoms with Gasteiger partial charge in [-0.3, -0.25) is 0 Å². The van der Waals surface area contributed by atoms with Gasteiger partial charge in [0.1, 0.15) is 11.6 Å². The van der Waals surface area contributed by atoms with Crippen molar-refractivity contribution in [1.29, 1.82) is 0 Å². The average Bonchev–Trinajstić information content (AvgIpc) is 3.09. The smallest absolute Gasteiger partial charge is 0.158 e. The first-order valence-corrected chi connectivity index (χ1v) is 10.1. The minimum atomic E-state index is -0.234. The highest BCUT2D eigenvalue weighted by molar-refractivity contribution is 5.67. The Balaban J connectivity index is 1.70. The topological polar surface area (TPSA) is 33.4 Å². The predicted octanol–water partition coefficient (Wildman–Crippen LogP) is 4.65. The zero-order valence-electron chi connectivity index (χ0n) is 15.8. The van der Waals surface area contributed by atoms with Crippen LogP contribution in [-0.2, 0) is 12.8 Å². The molecule has 1 aliphatic heterocycles. The molecule has 1 fully saturated rings. The summed E-state index contributed by atoms with van der Waals surface area (Å²) in [6.07, 6.45) is 7.06. The van der Waals surface area contributed by atoms with Gasteiger partial charge < -0.3 is 4.90 Å². The zero-order valence-corrected chi connectivity index (χ0v) is 15.8. The van der Waals surface area contributed by atoms with Crippen molar-refractivity contribution in [1.82, 2.24) is 14.6 Å². The molecule has 1 aliphatic carbocycles. The number of rotatable bonds is 2. The lowest BCUT2D eigenvalue weighted by Crippen LogP contribution is -2.37. The van der Waals surface area contributed by atoms with Crippen molar-refractivity contribution in [2.45, 2.75) is 45.4 Å². The molecule has 3 heterocycles. The summed E-state index contributed by atoms with van der Waals surface area (Å²) < 4.78 is 15.7. The van der Waals surface area contributed by atoms with Gasteiger partial charge in [0.05, 0.1) is 5.69 Å². The molecular weight excluding hydrogens is 339 g/mol. The average molecular weight is 364 g/mol. The van der Waals surface area contributed by atoms with Gasteiger partial charge in [0.2, 0.25) is 0 Å². The molecule has 0 radical (unpaired) electrons. The lowest BCUT2D eigenvalue weighted by atomic mass is 9.94. The quantitative estimate of drug-likeness (QED) is 0.664. The second-order valence-electron chi connectivity index (χ2n) is 8.07. The van der Waals surface area contributed by atoms with Gasteiger partial charge in [-0.2, -0.15) is 9.61 Å². The summed E-state index contributed by atoms with van der Waals surface area (Å²) in [6.45, 7) is 4.48. The van der Waals surface area contributed by atoms with E-state index in [0.717, 1.165) is 42.8 Å². The number of aromatic nitrogens is 3. The molecule has 1 aromatic carbocycles. The van der Waals surface area contributed by atoms with Crippen LogP contribution >= 0.6 is 0 Å². The van der Waals surface area contributed by atoms with Crippen molar-refractivity contribution in [3.8, 4) is 11.3 Å². The number of anilines is 1. The van der Waals surface area contributed by atoms with Crippen LogP contribution in [0.4, 0.5) is 10.2 Å². The van der Waals surface area contributed by atoms with Crippen LogP contribution < -0.4 is 4.90 Å². The normalized spacial score (nSPS) is 20.1. The Bertz CT molecular complexity index is 993. The van der Waals surface area contributed by atoms with Crippen molar-refractivity contribution in [3.63, 3.8) is 0 Å². The van der Waals surface area contributed by atoms with E-state index in [1.807, 2.05) is 16.6 Å². The van der Waals surface area contributed by atoms with E-state index in [-0.39, 0.29) is 5.82 Å². The van der Waals surface area contributed by atoms with E-state index in [2.05, 4.69) is 11.8 Å². The first-order chi connectivity index (χ1) is 13.2. The minimum Gasteiger partial charge on any atom is -0.356 e. The zero-order chi connectivity index (χ0) is 18.4. The molecule has 0 bridgehead atoms. The summed E-state index contributed by atoms with van der Waals surface area (Å²) in [5.74, 6) is 1.69. The number of piperidine rings is 1. The molecule has 0 spiro atoms. The maximum absolute atomic E-state index is 13.7. The van der Waals surface area contributed by atoms with E-state index < -0.39 is 0 Å². The van der Waals surface area contributed by atoms with E-state index in [4.69, 9.17) is 10.1 Å². The molecule has 2 aliphatic rings. The third-order valence-electron chi connectivity index (χ3n) is 5.93. The summed E-state index contributed by atoms with van der Waals surface area (Å²) in [5, 5.41) is 4.88. The molecule has 0 N–H and O–H groups in total. The Morgan fingerprint density at radius 1 is 1.11 bits per heavy atom. The maximum Gasteiger partial charge on any atom is 0.158 e. The molecule has 2 aromatic heterocycles. The summed E-state index contributed by atoms with van der Waals surface area (Å²) >= 11 is 0. The van der Waals surface area contributed by atoms with Crippen molar-refractivity contribution in [2.75, 3.05) is 18.0 Å². The Morgan fingerprint density at radius 2 is 2.00 bits per heavy atom. The molecular formula is C22H25FN4. The Kier molecular flexibility index (Phi) is 4.10. The number of aryl methyl sites for hydroxylation is 1. The largest absolute Gasteiger partial charge is 0.356 e. The predicted molar refractivity (Wildman–Crippen MR) is 106 cm³/mol. The second-order valence-corrected chi connectivity index (χ2v) is 8.07. The number of halogens is 1. The monoisotopic (exact) mass is 364 g/mol. The molecule has 1 saturated heterocycles. The van der Waals surface area contributed by atoms with E-state index in [1.165, 1.54) is 48.8 Å². The Labute approximate surface area is 159 Å². The van der Waals surface area contributed by atoms with E-state index in [9.17, 15) is 4.39 Å². The summed E-state index contributed by atoms with van der Waals surface area (Å²) in [6, 6.07) is 8.66. The van der Waals surface area contributed by atoms with Crippen LogP contribution in [0.25, 0.3) is 16.9 Å². The summed E-state index contributed by atoms with van der Waals surface area (Å²) in [7, 11) is 0. The first kappa shape index (κ1) is 16.7. The van der Waals surface area contributed by atoms with Crippen LogP contribution in [0.5, 0.6) is 0 Å². The van der Waals surface area contributed by atoms with Crippen LogP contribution in [0.1, 0.15) is 43.9 Å². The van der Waals surface area contributed by atoms with E-state index in [0.29, 0.717) is 5.92 Å². The molecule has 140 valence electrons. The third-order valence-corrected chi connectivity index (χ3v) is 5.93. The Morgan fingerprint density at radius 3 is 2.85 bits per heavy atom. The second kappa shape index (κ2) is 6.63. The molecule has 1 atom stereocenters. The lowest BCUT2D eigenvalue weighted by Gasteiger charge is -2.35. The molecule has 0 unspecified atom stereocenters. The fourth-order valence-electron chi connectivity index (χ4n) is 4.62. The van der Waals surface area contributed by atoms with Gasteiger partial charge in [0, 0.05) is 36.0 Å². The number of hydrogen-bond acceptors (Lipinski definition) is 3. The van der Waals surface area contributed by atoms with Crippen LogP contribution in [0.3, 0.4) is 0 Å². The van der Waals surface area contributed by atoms with Gasteiger partial charge in [-0.25, -0.2) is 9.37 Å². The van der Waals surface area contributed by atoms with Crippen LogP contribution in [-0.4, -0.2) is 27.7 Å². The van der Waals surface area contributed by atoms with Crippen LogP contribution in [0.15, 0.2) is 30.3 Å². The summed E-state index contributed by atoms with van der Waals surface area (Å²) in [5.41, 5.74) is 5.07. The molecule has 5 rings (SSSR count). The third kappa shape index (κ3) is 2.99. The maximum atomic E-state index is 13.7. The highest BCUT2D eigenvalue weighted by Gasteiger charge is 2.26. The fraction of sp³-hybridized carbons (Fsp3) is 0.455. The van der Waals surface area contributed by atoms with E-state index >= 15 is 0 Å². The number of nitrogens with zero attached hydrogens (tertiary/aromatic N) is 4. The van der Waals surface area contributed by atoms with Crippen LogP contribution in [0.2, 0.25) is 0 Å². The van der Waals surface area contributed by atoms with Gasteiger partial charge in [-0.1, -0.05) is 19.1 Å². The van der Waals surface area contributed by atoms with Gasteiger partial charge in [-0.05, 0) is 56.6 Å². The SMILES string of the molecule is C[C@H]1CCCN(c2c3c(nc4cc(-c5cccc(F)c5)nn24)CCCC3)C1. The fourth-order valence-corrected chi connectivity index (χ4v) is 4.62. The van der Waals surface area contributed by atoms with Crippen molar-refractivity contribution in [3.05, 3.63) is 47.4 Å². The molecule has 27 heavy (non-hydrogen) atoms. The van der Waals surface area contributed by atoms with Gasteiger partial charge in [0.25, 0.3) is 0 Å². The standard InChI is InChI=1S/C22H25FN4/c1-15-6-5-11-26(14-15)22-18-9-2-3-10-19(18)24-21-13-20(25-27(21)22)16-7-4-8-17(23)12-16/h4,7-8,12-13,15H,2-3,5-6,9-11,14H2,1H3/t15-/m0/s1. The summed E-state index contributed by atoms with van der Waals surface area (Å²) in [4.78, 5) is 7.45. The van der Waals surface area contributed by atoms with Gasteiger partial charge >= 0.3 is 0 Å². The number of fused-ring (bicyclic) bond motifs is 2. The highest BCUT2D eigenvalue weighted by atomic mass is 19.1. The van der Waals surface area contributed by atoms with Gasteiger partial charge in [-0.15, -0.1) is 0 Å². The molecule has 0 saturated carbocycles.